The number of thiol groups is 1. The molecule has 19 heavy (non-hydrogen) atoms. The summed E-state index contributed by atoms with van der Waals surface area (Å²) in [5.41, 5.74) is 0. The van der Waals surface area contributed by atoms with Crippen LogP contribution >= 0.6 is 20.2 Å². The second-order valence-electron chi connectivity index (χ2n) is 3.98. The van der Waals surface area contributed by atoms with Gasteiger partial charge in [0.2, 0.25) is 0 Å². The van der Waals surface area contributed by atoms with Gasteiger partial charge in [-0.2, -0.15) is 12.6 Å². The lowest BCUT2D eigenvalue weighted by Crippen LogP contribution is -2.08. The van der Waals surface area contributed by atoms with E-state index in [2.05, 4.69) is 12.6 Å². The topological polar surface area (TPSA) is 35.5 Å². The molecular formula is C14H15O3PS. The van der Waals surface area contributed by atoms with Crippen LogP contribution in [0.1, 0.15) is 6.92 Å². The zero-order valence-corrected chi connectivity index (χ0v) is 12.3. The average molecular weight is 294 g/mol. The lowest BCUT2D eigenvalue weighted by atomic mass is 10.3. The van der Waals surface area contributed by atoms with Crippen LogP contribution in [0.25, 0.3) is 0 Å². The fraction of sp³-hybridized carbons (Fsp3) is 0.143. The highest BCUT2D eigenvalue weighted by Crippen LogP contribution is 2.53. The average Bonchev–Trinajstić information content (AvgIpc) is 2.40. The summed E-state index contributed by atoms with van der Waals surface area (Å²) in [6.45, 7) is 1.69. The largest absolute Gasteiger partial charge is 0.443 e. The second kappa shape index (κ2) is 6.18. The van der Waals surface area contributed by atoms with Crippen molar-refractivity contribution in [3.05, 3.63) is 60.7 Å². The van der Waals surface area contributed by atoms with Crippen molar-refractivity contribution in [1.82, 2.24) is 0 Å². The lowest BCUT2D eigenvalue weighted by molar-refractivity contribution is 0.384. The molecule has 2 rings (SSSR count). The third kappa shape index (κ3) is 3.79. The highest BCUT2D eigenvalue weighted by atomic mass is 32.1. The van der Waals surface area contributed by atoms with Gasteiger partial charge >= 0.3 is 7.60 Å². The Morgan fingerprint density at radius 2 is 1.26 bits per heavy atom. The van der Waals surface area contributed by atoms with Crippen LogP contribution in [-0.2, 0) is 4.57 Å². The molecule has 2 aromatic carbocycles. The summed E-state index contributed by atoms with van der Waals surface area (Å²) in [5.74, 6) is 1.00. The van der Waals surface area contributed by atoms with Gasteiger partial charge in [-0.1, -0.05) is 36.4 Å². The van der Waals surface area contributed by atoms with E-state index < -0.39 is 12.6 Å². The van der Waals surface area contributed by atoms with Crippen molar-refractivity contribution in [1.29, 1.82) is 0 Å². The molecule has 2 aromatic rings. The van der Waals surface area contributed by atoms with Crippen molar-refractivity contribution in [2.75, 3.05) is 0 Å². The Kier molecular flexibility index (Phi) is 4.56. The molecule has 100 valence electrons. The first-order chi connectivity index (χ1) is 9.10. The van der Waals surface area contributed by atoms with Gasteiger partial charge in [0, 0.05) is 0 Å². The SMILES string of the molecule is CC(S)P(=O)(Oc1ccccc1)Oc1ccccc1. The molecule has 0 bridgehead atoms. The van der Waals surface area contributed by atoms with Crippen LogP contribution in [0, 0.1) is 0 Å². The minimum Gasteiger partial charge on any atom is -0.415 e. The molecule has 0 amide bonds. The quantitative estimate of drug-likeness (QED) is 0.646. The lowest BCUT2D eigenvalue weighted by Gasteiger charge is -2.22. The zero-order valence-electron chi connectivity index (χ0n) is 10.5. The summed E-state index contributed by atoms with van der Waals surface area (Å²) in [6, 6.07) is 17.9. The first kappa shape index (κ1) is 14.0. The van der Waals surface area contributed by atoms with Gasteiger partial charge in [-0.25, -0.2) is 4.57 Å². The van der Waals surface area contributed by atoms with E-state index in [4.69, 9.17) is 9.05 Å². The maximum absolute atomic E-state index is 12.7. The van der Waals surface area contributed by atoms with Gasteiger partial charge in [-0.15, -0.1) is 0 Å². The standard InChI is InChI=1S/C14H15O3PS/c1-12(19)18(15,16-13-8-4-2-5-9-13)17-14-10-6-3-7-11-14/h2-12,19H,1H3. The molecule has 0 spiro atoms. The van der Waals surface area contributed by atoms with Gasteiger partial charge < -0.3 is 9.05 Å². The molecule has 0 heterocycles. The summed E-state index contributed by atoms with van der Waals surface area (Å²) in [5, 5.41) is 0. The Balaban J connectivity index is 2.21. The normalized spacial score (nSPS) is 12.7. The summed E-state index contributed by atoms with van der Waals surface area (Å²) < 4.78 is 23.8. The van der Waals surface area contributed by atoms with Gasteiger partial charge in [-0.3, -0.25) is 0 Å². The van der Waals surface area contributed by atoms with Gasteiger partial charge in [0.25, 0.3) is 0 Å². The Morgan fingerprint density at radius 1 is 0.895 bits per heavy atom. The van der Waals surface area contributed by atoms with Crippen LogP contribution in [0.3, 0.4) is 0 Å². The number of benzene rings is 2. The van der Waals surface area contributed by atoms with Crippen LogP contribution in [-0.4, -0.2) is 4.99 Å². The van der Waals surface area contributed by atoms with E-state index in [1.807, 2.05) is 36.4 Å². The van der Waals surface area contributed by atoms with Crippen molar-refractivity contribution in [3.8, 4) is 11.5 Å². The molecule has 0 N–H and O–H groups in total. The van der Waals surface area contributed by atoms with Crippen LogP contribution in [0.2, 0.25) is 0 Å². The Bertz CT molecular complexity index is 512. The molecule has 1 atom stereocenters. The molecule has 0 fully saturated rings. The van der Waals surface area contributed by atoms with Crippen LogP contribution in [0.4, 0.5) is 0 Å². The first-order valence-corrected chi connectivity index (χ1v) is 8.00. The fourth-order valence-corrected chi connectivity index (χ4v) is 2.88. The molecule has 0 aromatic heterocycles. The molecule has 0 aliphatic heterocycles. The summed E-state index contributed by atoms with van der Waals surface area (Å²) in [7, 11) is -3.37. The summed E-state index contributed by atoms with van der Waals surface area (Å²) in [6.07, 6.45) is 0. The molecule has 5 heteroatoms. The predicted octanol–water partition coefficient (Wildman–Crippen LogP) is 4.61. The van der Waals surface area contributed by atoms with Crippen molar-refractivity contribution in [2.24, 2.45) is 0 Å². The van der Waals surface area contributed by atoms with E-state index in [-0.39, 0.29) is 0 Å². The van der Waals surface area contributed by atoms with Gasteiger partial charge in [0.05, 0.1) is 0 Å². The second-order valence-corrected chi connectivity index (χ2v) is 7.38. The molecule has 0 saturated heterocycles. The number of para-hydroxylation sites is 2. The Hall–Kier alpha value is -1.38. The maximum Gasteiger partial charge on any atom is 0.443 e. The third-order valence-electron chi connectivity index (χ3n) is 2.41. The zero-order chi connectivity index (χ0) is 13.7. The van der Waals surface area contributed by atoms with E-state index in [9.17, 15) is 4.57 Å². The summed E-state index contributed by atoms with van der Waals surface area (Å²) >= 11 is 4.23. The fourth-order valence-electron chi connectivity index (χ4n) is 1.43. The maximum atomic E-state index is 12.7. The van der Waals surface area contributed by atoms with E-state index in [1.165, 1.54) is 0 Å². The molecule has 1 unspecified atom stereocenters. The van der Waals surface area contributed by atoms with E-state index >= 15 is 0 Å². The molecular weight excluding hydrogens is 279 g/mol. The summed E-state index contributed by atoms with van der Waals surface area (Å²) in [4.78, 5) is -0.534. The van der Waals surface area contributed by atoms with Crippen LogP contribution < -0.4 is 9.05 Å². The minimum absolute atomic E-state index is 0.502. The van der Waals surface area contributed by atoms with Crippen molar-refractivity contribution in [2.45, 2.75) is 11.9 Å². The molecule has 0 radical (unpaired) electrons. The van der Waals surface area contributed by atoms with Crippen LogP contribution in [0.15, 0.2) is 60.7 Å². The highest BCUT2D eigenvalue weighted by molar-refractivity contribution is 7.90. The number of hydrogen-bond donors (Lipinski definition) is 1. The van der Waals surface area contributed by atoms with Crippen molar-refractivity contribution < 1.29 is 13.6 Å². The smallest absolute Gasteiger partial charge is 0.415 e. The van der Waals surface area contributed by atoms with Crippen molar-refractivity contribution >= 4 is 20.2 Å². The molecule has 0 aliphatic rings. The van der Waals surface area contributed by atoms with E-state index in [1.54, 1.807) is 31.2 Å². The molecule has 3 nitrogen and oxygen atoms in total. The van der Waals surface area contributed by atoms with Crippen molar-refractivity contribution in [3.63, 3.8) is 0 Å². The van der Waals surface area contributed by atoms with E-state index in [0.717, 1.165) is 0 Å². The Labute approximate surface area is 118 Å². The minimum atomic E-state index is -3.37. The first-order valence-electron chi connectivity index (χ1n) is 5.87. The predicted molar refractivity (Wildman–Crippen MR) is 80.2 cm³/mol. The molecule has 0 aliphatic carbocycles. The van der Waals surface area contributed by atoms with Crippen LogP contribution in [0.5, 0.6) is 11.5 Å². The number of hydrogen-bond acceptors (Lipinski definition) is 4. The monoisotopic (exact) mass is 294 g/mol. The van der Waals surface area contributed by atoms with Gasteiger partial charge in [0.1, 0.15) is 16.5 Å². The van der Waals surface area contributed by atoms with Gasteiger partial charge in [-0.05, 0) is 31.2 Å². The highest BCUT2D eigenvalue weighted by Gasteiger charge is 2.33. The molecule has 0 saturated carbocycles. The van der Waals surface area contributed by atoms with E-state index in [0.29, 0.717) is 11.5 Å². The third-order valence-corrected chi connectivity index (χ3v) is 5.10. The van der Waals surface area contributed by atoms with Gasteiger partial charge in [0.15, 0.2) is 0 Å². The Morgan fingerprint density at radius 3 is 1.58 bits per heavy atom. The number of rotatable bonds is 5.